The Morgan fingerprint density at radius 1 is 1.00 bits per heavy atom. The van der Waals surface area contributed by atoms with Gasteiger partial charge in [-0.3, -0.25) is 0 Å². The van der Waals surface area contributed by atoms with E-state index in [1.54, 1.807) is 0 Å². The largest absolute Gasteiger partial charge is 0 e. The van der Waals surface area contributed by atoms with Crippen LogP contribution in [0.25, 0.3) is 0 Å². The molecule has 0 rings (SSSR count). The number of hydrogen-bond donors (Lipinski definition) is 0. The quantitative estimate of drug-likeness (QED) is 0.545. The van der Waals surface area contributed by atoms with Gasteiger partial charge in [0.05, 0.1) is 0 Å². The predicted molar refractivity (Wildman–Crippen MR) is 4.12 cm³/mol. The van der Waals surface area contributed by atoms with Crippen LogP contribution in [-0.2, 0) is 98.9 Å². The molecular formula is O6Ti4. The van der Waals surface area contributed by atoms with Crippen molar-refractivity contribution in [2.75, 3.05) is 0 Å². The summed E-state index contributed by atoms with van der Waals surface area (Å²) in [7, 11) is 0. The molecule has 0 aromatic heterocycles. The third-order valence-electron chi connectivity index (χ3n) is 0. The topological polar surface area (TPSA) is 102 Å². The van der Waals surface area contributed by atoms with Crippen LogP contribution in [0.2, 0.25) is 0 Å². The maximum atomic E-state index is 8.58. The first kappa shape index (κ1) is 22.6. The maximum Gasteiger partial charge on any atom is 0 e. The van der Waals surface area contributed by atoms with E-state index in [2.05, 4.69) is 0 Å². The fourth-order valence-corrected chi connectivity index (χ4v) is 0. The van der Waals surface area contributed by atoms with Crippen molar-refractivity contribution in [3.05, 3.63) is 0 Å². The molecule has 0 spiro atoms. The van der Waals surface area contributed by atoms with Crippen LogP contribution >= 0.6 is 0 Å². The van der Waals surface area contributed by atoms with Gasteiger partial charge in [0.25, 0.3) is 0 Å². The molecule has 0 radical (unpaired) electrons. The molecule has 0 aliphatic carbocycles. The Morgan fingerprint density at radius 3 is 1.00 bits per heavy atom. The van der Waals surface area contributed by atoms with Gasteiger partial charge in [0.2, 0.25) is 0 Å². The third-order valence-corrected chi connectivity index (χ3v) is 0. The SMILES string of the molecule is [O]=[Ti].[O]=[Ti](=[O])=[O].[O]=[Ti]=[O].[Ti]. The minimum Gasteiger partial charge on any atom is 0 e. The number of hydrogen-bond acceptors (Lipinski definition) is 6. The van der Waals surface area contributed by atoms with Gasteiger partial charge in [0, 0.05) is 21.7 Å². The van der Waals surface area contributed by atoms with Gasteiger partial charge in [-0.15, -0.1) is 0 Å². The van der Waals surface area contributed by atoms with Crippen molar-refractivity contribution in [1.29, 1.82) is 0 Å². The van der Waals surface area contributed by atoms with Crippen molar-refractivity contribution >= 4 is 0 Å². The van der Waals surface area contributed by atoms with Crippen molar-refractivity contribution in [2.45, 2.75) is 0 Å². The molecule has 0 aliphatic rings. The number of rotatable bonds is 0. The standard InChI is InChI=1S/6O.4Ti. The van der Waals surface area contributed by atoms with Crippen LogP contribution in [0.5, 0.6) is 0 Å². The second-order valence-electron chi connectivity index (χ2n) is 0.333. The predicted octanol–water partition coefficient (Wildman–Crippen LogP) is -0.723. The van der Waals surface area contributed by atoms with Crippen molar-refractivity contribution in [3.8, 4) is 0 Å². The van der Waals surface area contributed by atoms with Crippen molar-refractivity contribution in [3.63, 3.8) is 0 Å². The molecule has 6 nitrogen and oxygen atoms in total. The second-order valence-corrected chi connectivity index (χ2v) is 1.37. The molecule has 0 aliphatic heterocycles. The minimum atomic E-state index is -4.08. The van der Waals surface area contributed by atoms with Gasteiger partial charge in [0.15, 0.2) is 0 Å². The first-order valence-electron chi connectivity index (χ1n) is 1.22. The monoisotopic (exact) mass is 288 g/mol. The molecule has 0 aromatic rings. The minimum absolute atomic E-state index is 0. The second kappa shape index (κ2) is 31.1. The Hall–Kier alpha value is 1.66. The Balaban J connectivity index is -0.0000000273. The molecule has 0 atom stereocenters. The zero-order valence-electron chi connectivity index (χ0n) is 4.45. The van der Waals surface area contributed by atoms with E-state index in [1.807, 2.05) is 0 Å². The van der Waals surface area contributed by atoms with Gasteiger partial charge in [-0.1, -0.05) is 0 Å². The average molecular weight is 287 g/mol. The molecule has 10 heteroatoms. The summed E-state index contributed by atoms with van der Waals surface area (Å²) in [6.07, 6.45) is 0. The van der Waals surface area contributed by atoms with E-state index in [9.17, 15) is 0 Å². The summed E-state index contributed by atoms with van der Waals surface area (Å²) in [4.78, 5) is 0. The van der Waals surface area contributed by atoms with Crippen molar-refractivity contribution < 1.29 is 98.9 Å². The fourth-order valence-electron chi connectivity index (χ4n) is 0. The maximum absolute atomic E-state index is 8.58. The molecule has 0 unspecified atom stereocenters. The first-order chi connectivity index (χ1) is 4.15. The molecule has 0 bridgehead atoms. The normalized spacial score (nSPS) is 2.60. The summed E-state index contributed by atoms with van der Waals surface area (Å²) in [6.45, 7) is 0. The van der Waals surface area contributed by atoms with Gasteiger partial charge in [-0.2, -0.15) is 0 Å². The average Bonchev–Trinajstić information content (AvgIpc) is 1.71. The summed E-state index contributed by atoms with van der Waals surface area (Å²) in [6, 6.07) is 0. The van der Waals surface area contributed by atoms with Gasteiger partial charge < -0.3 is 0 Å². The van der Waals surface area contributed by atoms with Crippen LogP contribution < -0.4 is 0 Å². The van der Waals surface area contributed by atoms with E-state index >= 15 is 0 Å². The van der Waals surface area contributed by atoms with Crippen LogP contribution in [0.3, 0.4) is 0 Å². The van der Waals surface area contributed by atoms with Crippen molar-refractivity contribution in [1.82, 2.24) is 0 Å². The smallest absolute Gasteiger partial charge is 0 e. The molecule has 0 saturated carbocycles. The van der Waals surface area contributed by atoms with Crippen LogP contribution in [0.1, 0.15) is 0 Å². The zero-order chi connectivity index (χ0) is 8.28. The molecule has 0 aromatic carbocycles. The fraction of sp³-hybridized carbons (Fsp3) is 0. The molecule has 0 saturated heterocycles. The molecule has 0 N–H and O–H groups in total. The van der Waals surface area contributed by atoms with E-state index < -0.39 is 36.9 Å². The van der Waals surface area contributed by atoms with Gasteiger partial charge in [-0.05, 0) is 0 Å². The molecule has 0 amide bonds. The van der Waals surface area contributed by atoms with E-state index in [4.69, 9.17) is 19.9 Å². The Bertz CT molecular complexity index is 148. The van der Waals surface area contributed by atoms with E-state index in [-0.39, 0.29) is 21.7 Å². The van der Waals surface area contributed by atoms with Crippen LogP contribution in [0.4, 0.5) is 0 Å². The van der Waals surface area contributed by atoms with Crippen LogP contribution in [0.15, 0.2) is 0 Å². The Morgan fingerprint density at radius 2 is 1.00 bits per heavy atom. The molecule has 0 fully saturated rings. The van der Waals surface area contributed by atoms with Gasteiger partial charge >= 0.3 is 77.2 Å². The van der Waals surface area contributed by atoms with Gasteiger partial charge in [0.1, 0.15) is 0 Å². The van der Waals surface area contributed by atoms with Crippen LogP contribution in [0, 0.1) is 0 Å². The van der Waals surface area contributed by atoms with E-state index in [0.717, 1.165) is 20.4 Å². The van der Waals surface area contributed by atoms with E-state index in [1.165, 1.54) is 0 Å². The Labute approximate surface area is 97.5 Å². The summed E-state index contributed by atoms with van der Waals surface area (Å²) >= 11 is -5.33. The van der Waals surface area contributed by atoms with Crippen molar-refractivity contribution in [2.24, 2.45) is 0 Å². The summed E-state index contributed by atoms with van der Waals surface area (Å²) in [5.41, 5.74) is 0. The zero-order valence-corrected chi connectivity index (χ0v) is 10.7. The van der Waals surface area contributed by atoms with E-state index in [0.29, 0.717) is 0 Å². The van der Waals surface area contributed by atoms with Crippen LogP contribution in [-0.4, -0.2) is 0 Å². The molecule has 10 heavy (non-hydrogen) atoms. The Kier molecular flexibility index (Phi) is 70.1. The first-order valence-corrected chi connectivity index (χ1v) is 5.05. The van der Waals surface area contributed by atoms with Gasteiger partial charge in [-0.25, -0.2) is 0 Å². The molecule has 0 heterocycles. The molecular weight excluding hydrogens is 287 g/mol. The summed E-state index contributed by atoms with van der Waals surface area (Å²) < 4.78 is 51.0. The summed E-state index contributed by atoms with van der Waals surface area (Å²) in [5.74, 6) is 0. The third kappa shape index (κ3) is 264. The molecule has 52 valence electrons. The summed E-state index contributed by atoms with van der Waals surface area (Å²) in [5, 5.41) is 0.